The van der Waals surface area contributed by atoms with Gasteiger partial charge in [-0.05, 0) is 18.3 Å². The maximum Gasteiger partial charge on any atom is 0.265 e. The molecule has 0 bridgehead atoms. The highest BCUT2D eigenvalue weighted by molar-refractivity contribution is 5.91. The van der Waals surface area contributed by atoms with Crippen molar-refractivity contribution in [3.8, 4) is 0 Å². The number of primary amides is 1. The molecule has 48 valence electrons. The minimum atomic E-state index is -0.699. The largest absolute Gasteiger partial charge is 0.805 e. The lowest BCUT2D eigenvalue weighted by molar-refractivity contribution is 0.0994. The molecule has 4 nitrogen and oxygen atoms in total. The van der Waals surface area contributed by atoms with Gasteiger partial charge in [-0.25, -0.2) is 0 Å². The van der Waals surface area contributed by atoms with Crippen molar-refractivity contribution in [2.45, 2.75) is 0 Å². The summed E-state index contributed by atoms with van der Waals surface area (Å²) in [7, 11) is 0. The highest BCUT2D eigenvalue weighted by atomic mass is 16.5. The van der Waals surface area contributed by atoms with Gasteiger partial charge in [0.25, 0.3) is 5.91 Å². The van der Waals surface area contributed by atoms with Gasteiger partial charge in [-0.1, -0.05) is 0 Å². The first-order valence-electron chi connectivity index (χ1n) is 2.36. The van der Waals surface area contributed by atoms with Gasteiger partial charge in [0.05, 0.1) is 0 Å². The Morgan fingerprint density at radius 3 is 2.67 bits per heavy atom. The molecule has 4 heteroatoms. The first-order valence-corrected chi connectivity index (χ1v) is 2.36. The fourth-order valence-electron chi connectivity index (χ4n) is 0.557. The maximum atomic E-state index is 10.5. The average molecular weight is 125 g/mol. The van der Waals surface area contributed by atoms with Crippen LogP contribution in [0.4, 0.5) is 0 Å². The monoisotopic (exact) mass is 125 g/mol. The van der Waals surface area contributed by atoms with E-state index in [2.05, 4.69) is 0 Å². The van der Waals surface area contributed by atoms with E-state index in [9.17, 15) is 10.0 Å². The van der Waals surface area contributed by atoms with Crippen molar-refractivity contribution < 1.29 is 4.79 Å². The summed E-state index contributed by atoms with van der Waals surface area (Å²) in [6.07, 6.45) is 1.22. The fourth-order valence-corrected chi connectivity index (χ4v) is 0.557. The van der Waals surface area contributed by atoms with Crippen molar-refractivity contribution >= 4 is 5.91 Å². The minimum Gasteiger partial charge on any atom is -0.805 e. The Morgan fingerprint density at radius 1 is 1.78 bits per heavy atom. The Morgan fingerprint density at radius 2 is 2.44 bits per heavy atom. The fraction of sp³-hybridized carbons (Fsp3) is 0. The number of carbonyl (C=O) groups excluding carboxylic acids is 1. The number of nitrogens with two attached hydrogens (primary N) is 1. The second-order valence-corrected chi connectivity index (χ2v) is 1.58. The van der Waals surface area contributed by atoms with Crippen LogP contribution in [0.25, 0.3) is 0 Å². The lowest BCUT2D eigenvalue weighted by Crippen LogP contribution is -2.14. The summed E-state index contributed by atoms with van der Waals surface area (Å²) >= 11 is 0. The molecule has 0 radical (unpaired) electrons. The zero-order chi connectivity index (χ0) is 6.85. The quantitative estimate of drug-likeness (QED) is 0.570. The van der Waals surface area contributed by atoms with Gasteiger partial charge in [0.1, 0.15) is 5.69 Å². The lowest BCUT2D eigenvalue weighted by Gasteiger charge is -2.07. The summed E-state index contributed by atoms with van der Waals surface area (Å²) < 4.78 is 0.433. The van der Waals surface area contributed by atoms with Crippen LogP contribution in [-0.2, 0) is 0 Å². The molecule has 0 atom stereocenters. The highest BCUT2D eigenvalue weighted by Gasteiger charge is 1.98. The number of hydrogen-bond acceptors (Lipinski definition) is 2. The molecule has 0 aromatic carbocycles. The summed E-state index contributed by atoms with van der Waals surface area (Å²) in [5, 5.41) is 10.5. The molecule has 0 aliphatic carbocycles. The molecule has 1 aromatic heterocycles. The molecule has 9 heavy (non-hydrogen) atoms. The van der Waals surface area contributed by atoms with Gasteiger partial charge in [-0.2, -0.15) is 0 Å². The number of carbonyl (C=O) groups is 1. The molecule has 0 saturated carbocycles. The normalized spacial score (nSPS) is 9.33. The van der Waals surface area contributed by atoms with Crippen molar-refractivity contribution in [1.82, 2.24) is 4.73 Å². The zero-order valence-corrected chi connectivity index (χ0v) is 4.57. The zero-order valence-electron chi connectivity index (χ0n) is 4.57. The molecule has 1 rings (SSSR count). The van der Waals surface area contributed by atoms with Crippen molar-refractivity contribution in [2.24, 2.45) is 5.73 Å². The molecule has 1 amide bonds. The molecular weight excluding hydrogens is 120 g/mol. The van der Waals surface area contributed by atoms with E-state index in [1.807, 2.05) is 0 Å². The average Bonchev–Trinajstić information content (AvgIpc) is 2.13. The summed E-state index contributed by atoms with van der Waals surface area (Å²) in [6.45, 7) is 0. The van der Waals surface area contributed by atoms with Gasteiger partial charge < -0.3 is 15.7 Å². The Balaban J connectivity index is 3.08. The molecule has 0 unspecified atom stereocenters. The van der Waals surface area contributed by atoms with Crippen LogP contribution >= 0.6 is 0 Å². The molecule has 1 heterocycles. The van der Waals surface area contributed by atoms with E-state index < -0.39 is 5.91 Å². The number of rotatable bonds is 1. The van der Waals surface area contributed by atoms with E-state index in [-0.39, 0.29) is 5.69 Å². The molecular formula is C5H5N2O2-. The van der Waals surface area contributed by atoms with Gasteiger partial charge in [-0.15, -0.1) is 0 Å². The smallest absolute Gasteiger partial charge is 0.265 e. The van der Waals surface area contributed by atoms with Crippen LogP contribution in [0.15, 0.2) is 18.3 Å². The summed E-state index contributed by atoms with van der Waals surface area (Å²) in [4.78, 5) is 10.3. The van der Waals surface area contributed by atoms with Gasteiger partial charge in [0.2, 0.25) is 0 Å². The molecule has 0 spiro atoms. The van der Waals surface area contributed by atoms with Crippen LogP contribution in [-0.4, -0.2) is 10.6 Å². The molecule has 0 fully saturated rings. The topological polar surface area (TPSA) is 71.1 Å². The second-order valence-electron chi connectivity index (χ2n) is 1.58. The minimum absolute atomic E-state index is 0.0185. The van der Waals surface area contributed by atoms with Gasteiger partial charge >= 0.3 is 0 Å². The summed E-state index contributed by atoms with van der Waals surface area (Å²) in [6, 6.07) is 2.84. The van der Waals surface area contributed by atoms with Crippen molar-refractivity contribution in [1.29, 1.82) is 0 Å². The summed E-state index contributed by atoms with van der Waals surface area (Å²) in [5.74, 6) is -0.699. The van der Waals surface area contributed by atoms with Crippen molar-refractivity contribution in [3.05, 3.63) is 29.2 Å². The maximum absolute atomic E-state index is 10.5. The number of amides is 1. The number of hydrogen-bond donors (Lipinski definition) is 1. The molecule has 0 saturated heterocycles. The number of nitrogens with zero attached hydrogens (tertiary/aromatic N) is 1. The lowest BCUT2D eigenvalue weighted by atomic mass is 10.4. The van der Waals surface area contributed by atoms with E-state index in [4.69, 9.17) is 5.73 Å². The third kappa shape index (κ3) is 0.861. The molecule has 0 aliphatic heterocycles. The van der Waals surface area contributed by atoms with Crippen LogP contribution in [0.5, 0.6) is 0 Å². The van der Waals surface area contributed by atoms with E-state index in [0.29, 0.717) is 4.73 Å². The predicted molar refractivity (Wildman–Crippen MR) is 31.7 cm³/mol. The van der Waals surface area contributed by atoms with E-state index >= 15 is 0 Å². The Bertz CT molecular complexity index is 229. The van der Waals surface area contributed by atoms with Gasteiger partial charge in [0, 0.05) is 0 Å². The van der Waals surface area contributed by atoms with Gasteiger partial charge in [0.15, 0.2) is 0 Å². The third-order valence-electron chi connectivity index (χ3n) is 0.965. The third-order valence-corrected chi connectivity index (χ3v) is 0.965. The Hall–Kier alpha value is -1.45. The molecule has 0 aliphatic rings. The van der Waals surface area contributed by atoms with Crippen LogP contribution in [0.3, 0.4) is 0 Å². The predicted octanol–water partition coefficient (Wildman–Crippen LogP) is -0.0671. The van der Waals surface area contributed by atoms with E-state index in [1.165, 1.54) is 18.3 Å². The van der Waals surface area contributed by atoms with Crippen LogP contribution < -0.4 is 5.73 Å². The van der Waals surface area contributed by atoms with Crippen molar-refractivity contribution in [2.75, 3.05) is 0 Å². The van der Waals surface area contributed by atoms with Crippen LogP contribution in [0.2, 0.25) is 0 Å². The molecule has 1 aromatic rings. The van der Waals surface area contributed by atoms with E-state index in [0.717, 1.165) is 0 Å². The van der Waals surface area contributed by atoms with Crippen molar-refractivity contribution in [3.63, 3.8) is 0 Å². The Labute approximate surface area is 51.5 Å². The standard InChI is InChI=1S/C5H5N2O2/c6-5(8)4-2-1-3-7(4)9/h1-3H,(H2,6,8)/q-1. The van der Waals surface area contributed by atoms with Crippen LogP contribution in [0, 0.1) is 5.21 Å². The summed E-state index contributed by atoms with van der Waals surface area (Å²) in [5.41, 5.74) is 4.78. The first kappa shape index (κ1) is 5.68. The number of aromatic nitrogens is 1. The van der Waals surface area contributed by atoms with E-state index in [1.54, 1.807) is 0 Å². The second kappa shape index (κ2) is 1.81. The SMILES string of the molecule is NC(=O)c1cccn1[O-]. The Kier molecular flexibility index (Phi) is 1.14. The van der Waals surface area contributed by atoms with Crippen LogP contribution in [0.1, 0.15) is 10.5 Å². The van der Waals surface area contributed by atoms with Gasteiger partial charge in [-0.3, -0.25) is 4.79 Å². The first-order chi connectivity index (χ1) is 4.22. The molecule has 2 N–H and O–H groups in total. The highest BCUT2D eigenvalue weighted by Crippen LogP contribution is 1.96.